The summed E-state index contributed by atoms with van der Waals surface area (Å²) < 4.78 is 2.00. The first-order valence-corrected chi connectivity index (χ1v) is 10.2. The van der Waals surface area contributed by atoms with Crippen molar-refractivity contribution in [1.29, 1.82) is 0 Å². The molecule has 1 fully saturated rings. The molecule has 0 spiro atoms. The molecule has 1 aliphatic carbocycles. The van der Waals surface area contributed by atoms with Gasteiger partial charge in [0.1, 0.15) is 0 Å². The molecule has 0 radical (unpaired) electrons. The van der Waals surface area contributed by atoms with Gasteiger partial charge in [-0.15, -0.1) is 0 Å². The van der Waals surface area contributed by atoms with E-state index in [0.717, 1.165) is 28.4 Å². The lowest BCUT2D eigenvalue weighted by Crippen LogP contribution is -2.14. The maximum atomic E-state index is 10.7. The third-order valence-corrected chi connectivity index (χ3v) is 5.63. The Balaban J connectivity index is 0.000000166. The number of rotatable bonds is 4. The second-order valence-corrected chi connectivity index (χ2v) is 7.73. The molecule has 31 heavy (non-hydrogen) atoms. The normalized spacial score (nSPS) is 14.3. The highest BCUT2D eigenvalue weighted by molar-refractivity contribution is 5.81. The van der Waals surface area contributed by atoms with Crippen molar-refractivity contribution < 1.29 is 9.85 Å². The Hall–Kier alpha value is -3.82. The minimum Gasteiger partial charge on any atom is -0.278 e. The Bertz CT molecular complexity index is 1230. The van der Waals surface area contributed by atoms with E-state index in [0.29, 0.717) is 5.92 Å². The predicted molar refractivity (Wildman–Crippen MR) is 116 cm³/mol. The molecule has 1 N–H and O–H groups in total. The van der Waals surface area contributed by atoms with E-state index in [1.165, 1.54) is 44.2 Å². The van der Waals surface area contributed by atoms with Crippen LogP contribution in [0.4, 0.5) is 11.4 Å². The first-order valence-electron chi connectivity index (χ1n) is 10.2. The van der Waals surface area contributed by atoms with Crippen LogP contribution in [-0.2, 0) is 6.54 Å². The zero-order valence-corrected chi connectivity index (χ0v) is 16.8. The maximum Gasteiger partial charge on any atom is 0.270 e. The summed E-state index contributed by atoms with van der Waals surface area (Å²) in [4.78, 5) is 20.3. The predicted octanol–water partition coefficient (Wildman–Crippen LogP) is 5.00. The Kier molecular flexibility index (Phi) is 5.87. The molecule has 4 aromatic rings. The van der Waals surface area contributed by atoms with Crippen LogP contribution in [-0.4, -0.2) is 29.8 Å². The molecule has 10 nitrogen and oxygen atoms in total. The Morgan fingerprint density at radius 1 is 0.935 bits per heavy atom. The molecule has 0 aliphatic heterocycles. The van der Waals surface area contributed by atoms with Crippen molar-refractivity contribution >= 4 is 33.2 Å². The van der Waals surface area contributed by atoms with E-state index >= 15 is 0 Å². The summed E-state index contributed by atoms with van der Waals surface area (Å²) >= 11 is 0. The Labute approximate surface area is 177 Å². The smallest absolute Gasteiger partial charge is 0.270 e. The molecule has 2 aromatic heterocycles. The van der Waals surface area contributed by atoms with Crippen LogP contribution in [0.15, 0.2) is 48.8 Å². The average Bonchev–Trinajstić information content (AvgIpc) is 3.41. The van der Waals surface area contributed by atoms with Gasteiger partial charge in [0.05, 0.1) is 33.3 Å². The van der Waals surface area contributed by atoms with E-state index < -0.39 is 4.92 Å². The Morgan fingerprint density at radius 3 is 2.32 bits per heavy atom. The molecule has 160 valence electrons. The van der Waals surface area contributed by atoms with Gasteiger partial charge < -0.3 is 0 Å². The van der Waals surface area contributed by atoms with Crippen molar-refractivity contribution in [3.05, 3.63) is 69.0 Å². The van der Waals surface area contributed by atoms with Crippen LogP contribution >= 0.6 is 0 Å². The van der Waals surface area contributed by atoms with E-state index in [1.54, 1.807) is 30.6 Å². The standard InChI is InChI=1S/C14H17N3O2.C7H5N3O2/c18-17(19)13-6-7-14-12(8-13)9-15-16(14)10-11-4-2-1-3-5-11;11-10(12)6-1-2-7-5(3-6)4-8-9-7/h6-9,11H,1-5,10H2;1-4H,(H,8,9). The highest BCUT2D eigenvalue weighted by atomic mass is 16.6. The van der Waals surface area contributed by atoms with Gasteiger partial charge in [-0.05, 0) is 30.9 Å². The molecule has 0 saturated heterocycles. The van der Waals surface area contributed by atoms with E-state index in [4.69, 9.17) is 0 Å². The summed E-state index contributed by atoms with van der Waals surface area (Å²) in [6.45, 7) is 0.932. The number of non-ortho nitro benzene ring substituents is 2. The SMILES string of the molecule is O=[N+]([O-])c1ccc2[nH]ncc2c1.O=[N+]([O-])c1ccc2c(cnn2CC2CCCCC2)c1. The molecule has 2 aromatic carbocycles. The van der Waals surface area contributed by atoms with Crippen LogP contribution in [0, 0.1) is 26.1 Å². The highest BCUT2D eigenvalue weighted by Crippen LogP contribution is 2.27. The average molecular weight is 422 g/mol. The molecule has 0 atom stereocenters. The third kappa shape index (κ3) is 4.68. The van der Waals surface area contributed by atoms with Gasteiger partial charge in [-0.3, -0.25) is 30.0 Å². The van der Waals surface area contributed by atoms with Crippen LogP contribution in [0.25, 0.3) is 21.8 Å². The fourth-order valence-corrected chi connectivity index (χ4v) is 3.99. The van der Waals surface area contributed by atoms with Gasteiger partial charge in [0.15, 0.2) is 0 Å². The van der Waals surface area contributed by atoms with Gasteiger partial charge in [0, 0.05) is 41.6 Å². The molecule has 1 aliphatic rings. The summed E-state index contributed by atoms with van der Waals surface area (Å²) in [5.74, 6) is 0.701. The van der Waals surface area contributed by atoms with Crippen LogP contribution in [0.1, 0.15) is 32.1 Å². The largest absolute Gasteiger partial charge is 0.278 e. The highest BCUT2D eigenvalue weighted by Gasteiger charge is 2.16. The number of aromatic amines is 1. The Morgan fingerprint density at radius 2 is 1.61 bits per heavy atom. The van der Waals surface area contributed by atoms with Crippen LogP contribution in [0.3, 0.4) is 0 Å². The first-order chi connectivity index (χ1) is 15.0. The quantitative estimate of drug-likeness (QED) is 0.363. The molecule has 0 bridgehead atoms. The van der Waals surface area contributed by atoms with Crippen molar-refractivity contribution in [3.8, 4) is 0 Å². The van der Waals surface area contributed by atoms with Gasteiger partial charge in [-0.25, -0.2) is 0 Å². The minimum atomic E-state index is -0.424. The topological polar surface area (TPSA) is 133 Å². The van der Waals surface area contributed by atoms with Gasteiger partial charge in [0.2, 0.25) is 0 Å². The zero-order chi connectivity index (χ0) is 21.8. The second-order valence-electron chi connectivity index (χ2n) is 7.73. The van der Waals surface area contributed by atoms with Crippen molar-refractivity contribution in [2.24, 2.45) is 5.92 Å². The van der Waals surface area contributed by atoms with Crippen LogP contribution in [0.2, 0.25) is 0 Å². The number of aromatic nitrogens is 4. The summed E-state index contributed by atoms with van der Waals surface area (Å²) in [7, 11) is 0. The molecular weight excluding hydrogens is 400 g/mol. The lowest BCUT2D eigenvalue weighted by Gasteiger charge is -2.21. The number of fused-ring (bicyclic) bond motifs is 2. The first kappa shape index (κ1) is 20.5. The fourth-order valence-electron chi connectivity index (χ4n) is 3.99. The number of nitro benzene ring substituents is 2. The number of nitro groups is 2. The van der Waals surface area contributed by atoms with Crippen molar-refractivity contribution in [3.63, 3.8) is 0 Å². The number of hydrogen-bond donors (Lipinski definition) is 1. The number of H-pyrrole nitrogens is 1. The van der Waals surface area contributed by atoms with Gasteiger partial charge >= 0.3 is 0 Å². The van der Waals surface area contributed by atoms with E-state index in [2.05, 4.69) is 15.3 Å². The molecule has 10 heteroatoms. The molecule has 5 rings (SSSR count). The van der Waals surface area contributed by atoms with Crippen molar-refractivity contribution in [2.75, 3.05) is 0 Å². The van der Waals surface area contributed by atoms with Crippen molar-refractivity contribution in [1.82, 2.24) is 20.0 Å². The monoisotopic (exact) mass is 422 g/mol. The van der Waals surface area contributed by atoms with Crippen LogP contribution in [0.5, 0.6) is 0 Å². The van der Waals surface area contributed by atoms with Gasteiger partial charge in [0.25, 0.3) is 11.4 Å². The number of nitrogens with one attached hydrogen (secondary N) is 1. The van der Waals surface area contributed by atoms with Gasteiger partial charge in [-0.1, -0.05) is 19.3 Å². The molecular formula is C21H22N6O4. The maximum absolute atomic E-state index is 10.7. The molecule has 1 saturated carbocycles. The summed E-state index contributed by atoms with van der Waals surface area (Å²) in [6.07, 6.45) is 9.81. The molecule has 0 amide bonds. The number of hydrogen-bond acceptors (Lipinski definition) is 6. The molecule has 0 unspecified atom stereocenters. The summed E-state index contributed by atoms with van der Waals surface area (Å²) in [5.41, 5.74) is 2.02. The molecule has 2 heterocycles. The fraction of sp³-hybridized carbons (Fsp3) is 0.333. The number of nitrogens with zero attached hydrogens (tertiary/aromatic N) is 5. The summed E-state index contributed by atoms with van der Waals surface area (Å²) in [6, 6.07) is 9.53. The van der Waals surface area contributed by atoms with E-state index in [-0.39, 0.29) is 16.3 Å². The van der Waals surface area contributed by atoms with E-state index in [1.807, 2.05) is 10.7 Å². The summed E-state index contributed by atoms with van der Waals surface area (Å²) in [5, 5.41) is 33.5. The lowest BCUT2D eigenvalue weighted by molar-refractivity contribution is -0.384. The second kappa shape index (κ2) is 8.90. The van der Waals surface area contributed by atoms with Crippen LogP contribution < -0.4 is 0 Å². The van der Waals surface area contributed by atoms with Crippen molar-refractivity contribution in [2.45, 2.75) is 38.6 Å². The third-order valence-electron chi connectivity index (χ3n) is 5.63. The minimum absolute atomic E-state index is 0.0869. The van der Waals surface area contributed by atoms with E-state index in [9.17, 15) is 20.2 Å². The lowest BCUT2D eigenvalue weighted by atomic mass is 9.89. The van der Waals surface area contributed by atoms with Gasteiger partial charge in [-0.2, -0.15) is 10.2 Å². The zero-order valence-electron chi connectivity index (χ0n) is 16.8. The number of benzene rings is 2.